The van der Waals surface area contributed by atoms with Gasteiger partial charge in [-0.15, -0.1) is 0 Å². The molecule has 1 fully saturated rings. The van der Waals surface area contributed by atoms with Gasteiger partial charge in [-0.05, 0) is 43.2 Å². The van der Waals surface area contributed by atoms with E-state index < -0.39 is 10.0 Å². The van der Waals surface area contributed by atoms with Gasteiger partial charge < -0.3 is 11.1 Å². The van der Waals surface area contributed by atoms with E-state index in [2.05, 4.69) is 19.2 Å². The lowest BCUT2D eigenvalue weighted by atomic mass is 9.79. The summed E-state index contributed by atoms with van der Waals surface area (Å²) in [6, 6.07) is 5.22. The first-order chi connectivity index (χ1) is 9.29. The predicted molar refractivity (Wildman–Crippen MR) is 81.8 cm³/mol. The molecule has 6 heteroatoms. The molecule has 1 aromatic carbocycles. The third-order valence-electron chi connectivity index (χ3n) is 4.33. The van der Waals surface area contributed by atoms with Crippen molar-refractivity contribution < 1.29 is 8.42 Å². The molecule has 1 aromatic rings. The molecule has 5 N–H and O–H groups in total. The number of nitrogens with two attached hydrogens (primary N) is 2. The second kappa shape index (κ2) is 5.61. The number of primary sulfonamides is 1. The van der Waals surface area contributed by atoms with E-state index >= 15 is 0 Å². The normalized spacial score (nSPS) is 27.2. The molecular weight excluding hydrogens is 274 g/mol. The molecule has 5 nitrogen and oxygen atoms in total. The fourth-order valence-electron chi connectivity index (χ4n) is 2.82. The maximum absolute atomic E-state index is 11.5. The molecule has 0 spiro atoms. The molecule has 0 aliphatic heterocycles. The summed E-state index contributed by atoms with van der Waals surface area (Å²) in [5.41, 5.74) is 6.79. The summed E-state index contributed by atoms with van der Waals surface area (Å²) < 4.78 is 22.9. The minimum Gasteiger partial charge on any atom is -0.396 e. The molecule has 0 aromatic heterocycles. The van der Waals surface area contributed by atoms with Crippen LogP contribution in [0.1, 0.15) is 33.1 Å². The lowest BCUT2D eigenvalue weighted by Gasteiger charge is -2.33. The Balaban J connectivity index is 2.19. The molecule has 3 unspecified atom stereocenters. The molecule has 0 bridgehead atoms. The molecular formula is C14H23N3O2S. The lowest BCUT2D eigenvalue weighted by molar-refractivity contribution is 0.261. The molecule has 3 atom stereocenters. The van der Waals surface area contributed by atoms with Crippen LogP contribution in [0, 0.1) is 11.8 Å². The van der Waals surface area contributed by atoms with Crippen molar-refractivity contribution in [3.05, 3.63) is 18.2 Å². The first-order valence-corrected chi connectivity index (χ1v) is 8.51. The van der Waals surface area contributed by atoms with Gasteiger partial charge in [0.15, 0.2) is 0 Å². The second-order valence-electron chi connectivity index (χ2n) is 5.87. The molecule has 2 rings (SSSR count). The molecule has 1 aliphatic carbocycles. The fraction of sp³-hybridized carbons (Fsp3) is 0.571. The summed E-state index contributed by atoms with van der Waals surface area (Å²) in [5, 5.41) is 8.53. The largest absolute Gasteiger partial charge is 0.396 e. The first-order valence-electron chi connectivity index (χ1n) is 6.97. The van der Waals surface area contributed by atoms with Gasteiger partial charge in [0.05, 0.1) is 11.4 Å². The van der Waals surface area contributed by atoms with Crippen LogP contribution in [0.4, 0.5) is 11.4 Å². The van der Waals surface area contributed by atoms with Crippen molar-refractivity contribution in [1.82, 2.24) is 0 Å². The van der Waals surface area contributed by atoms with Crippen LogP contribution >= 0.6 is 0 Å². The number of para-hydroxylation sites is 1. The minimum absolute atomic E-state index is 0.0141. The van der Waals surface area contributed by atoms with E-state index in [9.17, 15) is 8.42 Å². The highest BCUT2D eigenvalue weighted by Crippen LogP contribution is 2.33. The van der Waals surface area contributed by atoms with Gasteiger partial charge in [0.2, 0.25) is 10.0 Å². The molecule has 1 aliphatic rings. The molecule has 0 heterocycles. The average molecular weight is 297 g/mol. The highest BCUT2D eigenvalue weighted by atomic mass is 32.2. The summed E-state index contributed by atoms with van der Waals surface area (Å²) in [6.07, 6.45) is 3.32. The molecule has 1 saturated carbocycles. The van der Waals surface area contributed by atoms with Gasteiger partial charge >= 0.3 is 0 Å². The van der Waals surface area contributed by atoms with E-state index in [0.717, 1.165) is 18.8 Å². The Bertz CT molecular complexity index is 586. The van der Waals surface area contributed by atoms with Crippen LogP contribution in [0.2, 0.25) is 0 Å². The standard InChI is InChI=1S/C14H23N3O2S/c1-9-6-7-11(8-10(9)2)17-12-4-3-5-13(14(12)15)20(16,18)19/h3-5,9-11,17H,6-8,15H2,1-2H3,(H2,16,18,19). The van der Waals surface area contributed by atoms with Gasteiger partial charge in [0.1, 0.15) is 4.90 Å². The predicted octanol–water partition coefficient (Wildman–Crippen LogP) is 2.15. The van der Waals surface area contributed by atoms with Gasteiger partial charge in [-0.25, -0.2) is 13.6 Å². The summed E-state index contributed by atoms with van der Waals surface area (Å²) in [6.45, 7) is 4.53. The number of hydrogen-bond donors (Lipinski definition) is 3. The number of benzene rings is 1. The molecule has 20 heavy (non-hydrogen) atoms. The molecule has 112 valence electrons. The van der Waals surface area contributed by atoms with E-state index in [-0.39, 0.29) is 10.6 Å². The van der Waals surface area contributed by atoms with Crippen molar-refractivity contribution in [2.45, 2.75) is 44.0 Å². The smallest absolute Gasteiger partial charge is 0.240 e. The van der Waals surface area contributed by atoms with E-state index in [4.69, 9.17) is 10.9 Å². The Morgan fingerprint density at radius 2 is 1.90 bits per heavy atom. The number of anilines is 2. The molecule has 0 radical (unpaired) electrons. The van der Waals surface area contributed by atoms with Crippen molar-refractivity contribution in [1.29, 1.82) is 0 Å². The van der Waals surface area contributed by atoms with Gasteiger partial charge in [-0.1, -0.05) is 19.9 Å². The summed E-state index contributed by atoms with van der Waals surface area (Å²) in [7, 11) is -3.78. The Hall–Kier alpha value is -1.27. The molecule has 0 amide bonds. The van der Waals surface area contributed by atoms with Gasteiger partial charge in [-0.2, -0.15) is 0 Å². The zero-order valence-corrected chi connectivity index (χ0v) is 12.8. The van der Waals surface area contributed by atoms with Crippen LogP contribution in [-0.2, 0) is 10.0 Å². The van der Waals surface area contributed by atoms with Crippen molar-refractivity contribution in [2.75, 3.05) is 11.1 Å². The van der Waals surface area contributed by atoms with E-state index in [1.807, 2.05) is 0 Å². The Morgan fingerprint density at radius 1 is 1.20 bits per heavy atom. The Labute approximate surface area is 120 Å². The average Bonchev–Trinajstić information content (AvgIpc) is 2.35. The zero-order valence-electron chi connectivity index (χ0n) is 12.0. The van der Waals surface area contributed by atoms with Crippen LogP contribution in [0.25, 0.3) is 0 Å². The Morgan fingerprint density at radius 3 is 2.50 bits per heavy atom. The first kappa shape index (κ1) is 15.1. The van der Waals surface area contributed by atoms with Crippen molar-refractivity contribution >= 4 is 21.4 Å². The summed E-state index contributed by atoms with van der Waals surface area (Å²) in [4.78, 5) is -0.0141. The highest BCUT2D eigenvalue weighted by molar-refractivity contribution is 7.89. The minimum atomic E-state index is -3.78. The van der Waals surface area contributed by atoms with E-state index in [1.54, 1.807) is 12.1 Å². The van der Waals surface area contributed by atoms with Crippen LogP contribution in [0.15, 0.2) is 23.1 Å². The van der Waals surface area contributed by atoms with Crippen LogP contribution in [-0.4, -0.2) is 14.5 Å². The third kappa shape index (κ3) is 3.24. The molecule has 0 saturated heterocycles. The maximum Gasteiger partial charge on any atom is 0.240 e. The highest BCUT2D eigenvalue weighted by Gasteiger charge is 2.25. The van der Waals surface area contributed by atoms with Gasteiger partial charge in [-0.3, -0.25) is 0 Å². The van der Waals surface area contributed by atoms with Crippen LogP contribution in [0.5, 0.6) is 0 Å². The number of rotatable bonds is 3. The SMILES string of the molecule is CC1CCC(Nc2cccc(S(N)(=O)=O)c2N)CC1C. The van der Waals surface area contributed by atoms with Crippen molar-refractivity contribution in [3.8, 4) is 0 Å². The Kier molecular flexibility index (Phi) is 4.25. The number of sulfonamides is 1. The van der Waals surface area contributed by atoms with E-state index in [0.29, 0.717) is 17.6 Å². The number of nitrogens with one attached hydrogen (secondary N) is 1. The number of nitrogen functional groups attached to an aromatic ring is 1. The lowest BCUT2D eigenvalue weighted by Crippen LogP contribution is -2.30. The fourth-order valence-corrected chi connectivity index (χ4v) is 3.50. The van der Waals surface area contributed by atoms with Gasteiger partial charge in [0.25, 0.3) is 0 Å². The number of hydrogen-bond acceptors (Lipinski definition) is 4. The van der Waals surface area contributed by atoms with Gasteiger partial charge in [0, 0.05) is 6.04 Å². The van der Waals surface area contributed by atoms with Crippen molar-refractivity contribution in [2.24, 2.45) is 17.0 Å². The van der Waals surface area contributed by atoms with E-state index in [1.165, 1.54) is 12.5 Å². The quantitative estimate of drug-likeness (QED) is 0.744. The van der Waals surface area contributed by atoms with Crippen LogP contribution in [0.3, 0.4) is 0 Å². The summed E-state index contributed by atoms with van der Waals surface area (Å²) in [5.74, 6) is 1.39. The monoisotopic (exact) mass is 297 g/mol. The third-order valence-corrected chi connectivity index (χ3v) is 5.30. The zero-order chi connectivity index (χ0) is 14.9. The summed E-state index contributed by atoms with van der Waals surface area (Å²) >= 11 is 0. The maximum atomic E-state index is 11.5. The topological polar surface area (TPSA) is 98.2 Å². The van der Waals surface area contributed by atoms with Crippen molar-refractivity contribution in [3.63, 3.8) is 0 Å². The van der Waals surface area contributed by atoms with Crippen LogP contribution < -0.4 is 16.2 Å². The second-order valence-corrected chi connectivity index (χ2v) is 7.40.